The van der Waals surface area contributed by atoms with Crippen LogP contribution in [0.5, 0.6) is 0 Å². The third-order valence-corrected chi connectivity index (χ3v) is 5.28. The van der Waals surface area contributed by atoms with E-state index in [1.807, 2.05) is 66.7 Å². The Hall–Kier alpha value is -3.50. The van der Waals surface area contributed by atoms with E-state index in [-0.39, 0.29) is 18.9 Å². The van der Waals surface area contributed by atoms with Gasteiger partial charge in [-0.05, 0) is 0 Å². The number of nitriles is 1. The molecule has 3 rings (SSSR count). The van der Waals surface area contributed by atoms with Gasteiger partial charge in [-0.1, -0.05) is 60.7 Å². The Balaban J connectivity index is 1.83. The van der Waals surface area contributed by atoms with Crippen molar-refractivity contribution >= 4 is 23.2 Å². The number of aromatic nitrogens is 1. The predicted octanol–water partition coefficient (Wildman–Crippen LogP) is 4.01. The maximum absolute atomic E-state index is 12.7. The van der Waals surface area contributed by atoms with E-state index < -0.39 is 5.97 Å². The van der Waals surface area contributed by atoms with Crippen LogP contribution in [0.2, 0.25) is 0 Å². The fraction of sp³-hybridized carbons (Fsp3) is 0.182. The van der Waals surface area contributed by atoms with E-state index >= 15 is 0 Å². The molecule has 29 heavy (non-hydrogen) atoms. The number of hydrogen-bond donors (Lipinski definition) is 0. The molecule has 1 amide bonds. The van der Waals surface area contributed by atoms with Gasteiger partial charge in [0.25, 0.3) is 5.91 Å². The third kappa shape index (κ3) is 5.06. The Morgan fingerprint density at radius 1 is 1.07 bits per heavy atom. The molecule has 1 aromatic heterocycles. The lowest BCUT2D eigenvalue weighted by Gasteiger charge is -2.15. The summed E-state index contributed by atoms with van der Waals surface area (Å²) in [4.78, 5) is 31.2. The van der Waals surface area contributed by atoms with E-state index in [1.165, 1.54) is 16.2 Å². The average Bonchev–Trinajstić information content (AvgIpc) is 3.22. The molecule has 0 saturated carbocycles. The minimum absolute atomic E-state index is 0.226. The van der Waals surface area contributed by atoms with Crippen LogP contribution in [0.3, 0.4) is 0 Å². The second-order valence-electron chi connectivity index (χ2n) is 6.23. The molecule has 2 aromatic carbocycles. The summed E-state index contributed by atoms with van der Waals surface area (Å²) in [6.07, 6.45) is 0.226. The van der Waals surface area contributed by atoms with E-state index in [9.17, 15) is 9.59 Å². The lowest BCUT2D eigenvalue weighted by atomic mass is 10.1. The van der Waals surface area contributed by atoms with Crippen LogP contribution in [0, 0.1) is 11.3 Å². The highest BCUT2D eigenvalue weighted by Gasteiger charge is 2.22. The van der Waals surface area contributed by atoms with Gasteiger partial charge in [0, 0.05) is 24.7 Å². The number of likely N-dealkylation sites (N-methyl/N-ethyl adjacent to an activating group) is 1. The van der Waals surface area contributed by atoms with Crippen LogP contribution in [0.15, 0.2) is 60.7 Å². The van der Waals surface area contributed by atoms with Crippen molar-refractivity contribution in [1.29, 1.82) is 5.26 Å². The van der Waals surface area contributed by atoms with Crippen LogP contribution in [0.25, 0.3) is 21.8 Å². The van der Waals surface area contributed by atoms with Gasteiger partial charge in [0.15, 0.2) is 6.61 Å². The lowest BCUT2D eigenvalue weighted by Crippen LogP contribution is -2.31. The summed E-state index contributed by atoms with van der Waals surface area (Å²) in [5.74, 6) is -0.951. The van der Waals surface area contributed by atoms with Crippen molar-refractivity contribution in [3.05, 3.63) is 65.5 Å². The predicted molar refractivity (Wildman–Crippen MR) is 111 cm³/mol. The number of esters is 1. The molecule has 0 N–H and O–H groups in total. The van der Waals surface area contributed by atoms with Gasteiger partial charge in [0.05, 0.1) is 18.2 Å². The highest BCUT2D eigenvalue weighted by molar-refractivity contribution is 7.17. The quantitative estimate of drug-likeness (QED) is 0.555. The van der Waals surface area contributed by atoms with Crippen LogP contribution in [-0.4, -0.2) is 42.0 Å². The van der Waals surface area contributed by atoms with Crippen LogP contribution < -0.4 is 0 Å². The van der Waals surface area contributed by atoms with Crippen molar-refractivity contribution < 1.29 is 14.3 Å². The van der Waals surface area contributed by atoms with Gasteiger partial charge >= 0.3 is 5.97 Å². The molecule has 0 aliphatic carbocycles. The first kappa shape index (κ1) is 20.2. The molecule has 0 saturated heterocycles. The summed E-state index contributed by atoms with van der Waals surface area (Å²) < 4.78 is 5.26. The molecule has 1 heterocycles. The molecular formula is C22H19N3O3S. The first-order valence-electron chi connectivity index (χ1n) is 9.00. The number of nitrogens with zero attached hydrogens (tertiary/aromatic N) is 3. The second kappa shape index (κ2) is 9.62. The standard InChI is InChI=1S/C22H19N3O3S/c1-25(14-8-13-23)18(26)15-28-22(27)20-19(16-9-4-2-5-10-16)24-21(29-20)17-11-6-3-7-12-17/h2-7,9-12H,8,14-15H2,1H3. The van der Waals surface area contributed by atoms with E-state index in [4.69, 9.17) is 10.00 Å². The molecule has 0 fully saturated rings. The number of amides is 1. The zero-order chi connectivity index (χ0) is 20.6. The smallest absolute Gasteiger partial charge is 0.351 e. The van der Waals surface area contributed by atoms with Crippen LogP contribution in [-0.2, 0) is 9.53 Å². The molecule has 0 aliphatic rings. The first-order chi connectivity index (χ1) is 14.1. The molecule has 6 nitrogen and oxygen atoms in total. The number of thiazole rings is 1. The molecule has 0 spiro atoms. The van der Waals surface area contributed by atoms with Gasteiger partial charge in [0.2, 0.25) is 0 Å². The van der Waals surface area contributed by atoms with E-state index in [0.29, 0.717) is 22.1 Å². The summed E-state index contributed by atoms with van der Waals surface area (Å²) in [7, 11) is 1.57. The minimum atomic E-state index is -0.592. The zero-order valence-electron chi connectivity index (χ0n) is 15.9. The maximum Gasteiger partial charge on any atom is 0.351 e. The van der Waals surface area contributed by atoms with Crippen LogP contribution in [0.4, 0.5) is 0 Å². The molecule has 3 aromatic rings. The summed E-state index contributed by atoms with van der Waals surface area (Å²) in [6.45, 7) is -0.0889. The third-order valence-electron chi connectivity index (χ3n) is 4.19. The Morgan fingerprint density at radius 2 is 1.69 bits per heavy atom. The number of ether oxygens (including phenoxy) is 1. The monoisotopic (exact) mass is 405 g/mol. The Bertz CT molecular complexity index is 1030. The Labute approximate surface area is 173 Å². The largest absolute Gasteiger partial charge is 0.451 e. The SMILES string of the molecule is CN(CCC#N)C(=O)COC(=O)c1sc(-c2ccccc2)nc1-c1ccccc1. The van der Waals surface area contributed by atoms with E-state index in [1.54, 1.807) is 7.05 Å². The molecule has 0 radical (unpaired) electrons. The minimum Gasteiger partial charge on any atom is -0.451 e. The van der Waals surface area contributed by atoms with Gasteiger partial charge in [-0.2, -0.15) is 5.26 Å². The average molecular weight is 405 g/mol. The van der Waals surface area contributed by atoms with Crippen LogP contribution in [0.1, 0.15) is 16.1 Å². The summed E-state index contributed by atoms with van der Waals surface area (Å²) >= 11 is 1.24. The topological polar surface area (TPSA) is 83.3 Å². The fourth-order valence-electron chi connectivity index (χ4n) is 2.60. The number of rotatable bonds is 7. The normalized spacial score (nSPS) is 10.2. The summed E-state index contributed by atoms with van der Waals surface area (Å²) in [5, 5.41) is 9.32. The molecule has 7 heteroatoms. The van der Waals surface area contributed by atoms with Crippen molar-refractivity contribution in [2.45, 2.75) is 6.42 Å². The molecule has 0 bridgehead atoms. The van der Waals surface area contributed by atoms with E-state index in [2.05, 4.69) is 4.98 Å². The van der Waals surface area contributed by atoms with Crippen LogP contribution >= 0.6 is 11.3 Å². The van der Waals surface area contributed by atoms with E-state index in [0.717, 1.165) is 11.1 Å². The number of carbonyl (C=O) groups is 2. The van der Waals surface area contributed by atoms with Gasteiger partial charge in [0.1, 0.15) is 9.88 Å². The number of carbonyl (C=O) groups excluding carboxylic acids is 2. The molecule has 0 unspecified atom stereocenters. The maximum atomic E-state index is 12.7. The van der Waals surface area contributed by atoms with Crippen molar-refractivity contribution in [3.8, 4) is 27.9 Å². The van der Waals surface area contributed by atoms with Gasteiger partial charge in [-0.15, -0.1) is 11.3 Å². The first-order valence-corrected chi connectivity index (χ1v) is 9.81. The lowest BCUT2D eigenvalue weighted by molar-refractivity contribution is -0.133. The number of hydrogen-bond acceptors (Lipinski definition) is 6. The highest BCUT2D eigenvalue weighted by Crippen LogP contribution is 2.34. The summed E-state index contributed by atoms with van der Waals surface area (Å²) in [6, 6.07) is 21.0. The second-order valence-corrected chi connectivity index (χ2v) is 7.23. The van der Waals surface area contributed by atoms with Crippen molar-refractivity contribution in [1.82, 2.24) is 9.88 Å². The molecule has 0 atom stereocenters. The molecular weight excluding hydrogens is 386 g/mol. The van der Waals surface area contributed by atoms with Crippen molar-refractivity contribution in [2.24, 2.45) is 0 Å². The highest BCUT2D eigenvalue weighted by atomic mass is 32.1. The van der Waals surface area contributed by atoms with Gasteiger partial charge in [-0.3, -0.25) is 4.79 Å². The summed E-state index contributed by atoms with van der Waals surface area (Å²) in [5.41, 5.74) is 2.24. The number of benzene rings is 2. The zero-order valence-corrected chi connectivity index (χ0v) is 16.7. The van der Waals surface area contributed by atoms with Gasteiger partial charge < -0.3 is 9.64 Å². The molecule has 0 aliphatic heterocycles. The van der Waals surface area contributed by atoms with Crippen molar-refractivity contribution in [3.63, 3.8) is 0 Å². The Morgan fingerprint density at radius 3 is 2.31 bits per heavy atom. The fourth-order valence-corrected chi connectivity index (χ4v) is 3.59. The van der Waals surface area contributed by atoms with Crippen molar-refractivity contribution in [2.75, 3.05) is 20.2 Å². The Kier molecular flexibility index (Phi) is 6.72. The van der Waals surface area contributed by atoms with Gasteiger partial charge in [-0.25, -0.2) is 9.78 Å². The molecule has 146 valence electrons.